The number of benzene rings is 1. The molecule has 1 aliphatic carbocycles. The Labute approximate surface area is 142 Å². The van der Waals surface area contributed by atoms with Crippen LogP contribution >= 0.6 is 0 Å². The first-order chi connectivity index (χ1) is 12.1. The second-order valence-corrected chi connectivity index (χ2v) is 6.21. The van der Waals surface area contributed by atoms with Crippen molar-refractivity contribution >= 4 is 0 Å². The molecule has 0 saturated heterocycles. The van der Waals surface area contributed by atoms with E-state index in [0.29, 0.717) is 17.0 Å². The van der Waals surface area contributed by atoms with Gasteiger partial charge in [0.2, 0.25) is 0 Å². The first-order valence-electron chi connectivity index (χ1n) is 8.15. The molecule has 0 amide bonds. The molecule has 4 rings (SSSR count). The first kappa shape index (κ1) is 15.6. The topological polar surface area (TPSA) is 70.0 Å². The summed E-state index contributed by atoms with van der Waals surface area (Å²) < 4.78 is 21.1. The van der Waals surface area contributed by atoms with Crippen LogP contribution in [0.2, 0.25) is 0 Å². The highest BCUT2D eigenvalue weighted by molar-refractivity contribution is 5.58. The fraction of sp³-hybridized carbons (Fsp3) is 0.278. The highest BCUT2D eigenvalue weighted by atomic mass is 19.1. The maximum atomic E-state index is 13.0. The van der Waals surface area contributed by atoms with Gasteiger partial charge in [-0.2, -0.15) is 0 Å². The van der Waals surface area contributed by atoms with Gasteiger partial charge in [0.1, 0.15) is 11.5 Å². The molecule has 0 spiro atoms. The molecule has 2 aromatic heterocycles. The average Bonchev–Trinajstić information content (AvgIpc) is 3.02. The minimum atomic E-state index is -0.575. The predicted octanol–water partition coefficient (Wildman–Crippen LogP) is 2.58. The summed E-state index contributed by atoms with van der Waals surface area (Å²) in [4.78, 5) is 24.5. The van der Waals surface area contributed by atoms with Crippen molar-refractivity contribution in [1.82, 2.24) is 14.3 Å². The average molecular weight is 341 g/mol. The van der Waals surface area contributed by atoms with Gasteiger partial charge in [0.25, 0.3) is 0 Å². The van der Waals surface area contributed by atoms with Gasteiger partial charge in [0.05, 0.1) is 6.54 Å². The molecule has 0 unspecified atom stereocenters. The van der Waals surface area contributed by atoms with Gasteiger partial charge >= 0.3 is 11.1 Å². The van der Waals surface area contributed by atoms with Crippen LogP contribution in [0.5, 0.6) is 0 Å². The Balaban J connectivity index is 1.58. The molecule has 6 nitrogen and oxygen atoms in total. The normalized spacial score (nSPS) is 14.4. The fourth-order valence-corrected chi connectivity index (χ4v) is 2.91. The van der Waals surface area contributed by atoms with E-state index in [4.69, 9.17) is 4.52 Å². The maximum Gasteiger partial charge on any atom is 0.316 e. The smallest absolute Gasteiger partial charge is 0.316 e. The Bertz CT molecular complexity index is 1010. The second kappa shape index (κ2) is 6.16. The Morgan fingerprint density at radius 1 is 1.12 bits per heavy atom. The largest absolute Gasteiger partial charge is 0.359 e. The molecule has 0 atom stereocenters. The van der Waals surface area contributed by atoms with Gasteiger partial charge in [-0.05, 0) is 43.5 Å². The summed E-state index contributed by atoms with van der Waals surface area (Å²) in [6.45, 7) is 0.119. The molecule has 3 aromatic rings. The van der Waals surface area contributed by atoms with Crippen molar-refractivity contribution < 1.29 is 8.91 Å². The van der Waals surface area contributed by atoms with Crippen molar-refractivity contribution in [3.8, 4) is 11.3 Å². The van der Waals surface area contributed by atoms with Gasteiger partial charge in [-0.3, -0.25) is 9.59 Å². The standard InChI is InChI=1S/C18H16FN3O3/c19-13-6-4-12(5-7-13)16-10-15(25-20-16)11-21-8-9-22(14-2-1-3-14)18(24)17(21)23/h4-10,14H,1-3,11H2. The number of hydrogen-bond donors (Lipinski definition) is 0. The summed E-state index contributed by atoms with van der Waals surface area (Å²) in [6.07, 6.45) is 6.22. The highest BCUT2D eigenvalue weighted by Gasteiger charge is 2.21. The number of hydrogen-bond acceptors (Lipinski definition) is 4. The molecule has 1 fully saturated rings. The summed E-state index contributed by atoms with van der Waals surface area (Å²) in [5, 5.41) is 3.94. The van der Waals surface area contributed by atoms with E-state index in [9.17, 15) is 14.0 Å². The quantitative estimate of drug-likeness (QED) is 0.684. The zero-order valence-electron chi connectivity index (χ0n) is 13.4. The van der Waals surface area contributed by atoms with Crippen LogP contribution in [0.3, 0.4) is 0 Å². The van der Waals surface area contributed by atoms with E-state index in [1.165, 1.54) is 21.3 Å². The van der Waals surface area contributed by atoms with Gasteiger partial charge in [-0.15, -0.1) is 0 Å². The minimum absolute atomic E-state index is 0.119. The molecule has 0 bridgehead atoms. The van der Waals surface area contributed by atoms with Gasteiger partial charge < -0.3 is 13.7 Å². The third kappa shape index (κ3) is 2.93. The molecule has 25 heavy (non-hydrogen) atoms. The van der Waals surface area contributed by atoms with Crippen LogP contribution < -0.4 is 11.1 Å². The lowest BCUT2D eigenvalue weighted by atomic mass is 9.93. The van der Waals surface area contributed by atoms with E-state index in [1.807, 2.05) is 0 Å². The third-order valence-corrected chi connectivity index (χ3v) is 4.58. The fourth-order valence-electron chi connectivity index (χ4n) is 2.91. The van der Waals surface area contributed by atoms with E-state index in [2.05, 4.69) is 5.16 Å². The molecule has 0 radical (unpaired) electrons. The van der Waals surface area contributed by atoms with Crippen LogP contribution in [0.15, 0.2) is 56.8 Å². The maximum absolute atomic E-state index is 13.0. The summed E-state index contributed by atoms with van der Waals surface area (Å²) in [6, 6.07) is 7.70. The van der Waals surface area contributed by atoms with E-state index < -0.39 is 11.1 Å². The molecular formula is C18H16FN3O3. The molecule has 0 aliphatic heterocycles. The monoisotopic (exact) mass is 341 g/mol. The second-order valence-electron chi connectivity index (χ2n) is 6.21. The number of nitrogens with zero attached hydrogens (tertiary/aromatic N) is 3. The lowest BCUT2D eigenvalue weighted by molar-refractivity contribution is 0.302. The first-order valence-corrected chi connectivity index (χ1v) is 8.15. The van der Waals surface area contributed by atoms with Crippen molar-refractivity contribution in [3.63, 3.8) is 0 Å². The Kier molecular flexibility index (Phi) is 3.83. The summed E-state index contributed by atoms with van der Waals surface area (Å²) in [7, 11) is 0. The van der Waals surface area contributed by atoms with Crippen LogP contribution in [-0.2, 0) is 6.54 Å². The van der Waals surface area contributed by atoms with Crippen molar-refractivity contribution in [3.05, 3.63) is 75.0 Å². The summed E-state index contributed by atoms with van der Waals surface area (Å²) in [5.74, 6) is 0.119. The van der Waals surface area contributed by atoms with Gasteiger partial charge in [0, 0.05) is 30.1 Å². The van der Waals surface area contributed by atoms with Crippen molar-refractivity contribution in [2.45, 2.75) is 31.8 Å². The van der Waals surface area contributed by atoms with Crippen LogP contribution in [-0.4, -0.2) is 14.3 Å². The van der Waals surface area contributed by atoms with Gasteiger partial charge in [-0.25, -0.2) is 4.39 Å². The molecular weight excluding hydrogens is 325 g/mol. The Morgan fingerprint density at radius 2 is 1.88 bits per heavy atom. The summed E-state index contributed by atoms with van der Waals surface area (Å²) in [5.41, 5.74) is 0.176. The highest BCUT2D eigenvalue weighted by Crippen LogP contribution is 2.29. The van der Waals surface area contributed by atoms with Crippen LogP contribution in [0, 0.1) is 5.82 Å². The molecule has 1 aliphatic rings. The van der Waals surface area contributed by atoms with Crippen molar-refractivity contribution in [1.29, 1.82) is 0 Å². The predicted molar refractivity (Wildman–Crippen MR) is 88.8 cm³/mol. The van der Waals surface area contributed by atoms with Crippen LogP contribution in [0.1, 0.15) is 31.1 Å². The van der Waals surface area contributed by atoms with E-state index in [-0.39, 0.29) is 18.4 Å². The van der Waals surface area contributed by atoms with E-state index in [1.54, 1.807) is 30.6 Å². The SMILES string of the molecule is O=c1c(=O)n(C2CCC2)ccn1Cc1cc(-c2ccc(F)cc2)no1. The Morgan fingerprint density at radius 3 is 2.56 bits per heavy atom. The van der Waals surface area contributed by atoms with Crippen molar-refractivity contribution in [2.75, 3.05) is 0 Å². The number of halogens is 1. The molecule has 1 aromatic carbocycles. The molecule has 2 heterocycles. The molecule has 0 N–H and O–H groups in total. The van der Waals surface area contributed by atoms with Crippen LogP contribution in [0.4, 0.5) is 4.39 Å². The third-order valence-electron chi connectivity index (χ3n) is 4.58. The van der Waals surface area contributed by atoms with Crippen molar-refractivity contribution in [2.24, 2.45) is 0 Å². The van der Waals surface area contributed by atoms with Gasteiger partial charge in [0.15, 0.2) is 5.76 Å². The van der Waals surface area contributed by atoms with Gasteiger partial charge in [-0.1, -0.05) is 5.16 Å². The molecule has 128 valence electrons. The van der Waals surface area contributed by atoms with E-state index >= 15 is 0 Å². The van der Waals surface area contributed by atoms with E-state index in [0.717, 1.165) is 19.3 Å². The number of rotatable bonds is 4. The molecule has 1 saturated carbocycles. The zero-order valence-corrected chi connectivity index (χ0v) is 13.4. The Hall–Kier alpha value is -2.96. The zero-order chi connectivity index (χ0) is 17.4. The lowest BCUT2D eigenvalue weighted by Gasteiger charge is -2.27. The molecule has 7 heteroatoms. The lowest BCUT2D eigenvalue weighted by Crippen LogP contribution is -2.43. The summed E-state index contributed by atoms with van der Waals surface area (Å²) >= 11 is 0. The minimum Gasteiger partial charge on any atom is -0.359 e. The number of aromatic nitrogens is 3. The van der Waals surface area contributed by atoms with Crippen LogP contribution in [0.25, 0.3) is 11.3 Å².